The number of rotatable bonds is 7. The molecule has 3 rings (SSSR count). The zero-order valence-corrected chi connectivity index (χ0v) is 25.7. The summed E-state index contributed by atoms with van der Waals surface area (Å²) in [6.07, 6.45) is 1.22. The molecule has 1 saturated heterocycles. The van der Waals surface area contributed by atoms with Crippen LogP contribution in [-0.4, -0.2) is 58.1 Å². The molecule has 40 heavy (non-hydrogen) atoms. The molecule has 0 unspecified atom stereocenters. The van der Waals surface area contributed by atoms with Gasteiger partial charge < -0.3 is 20.5 Å². The number of nitrogens with one attached hydrogen (secondary N) is 3. The molecule has 1 aromatic carbocycles. The number of aromatic amines is 1. The molecular weight excluding hydrogens is 504 g/mol. The summed E-state index contributed by atoms with van der Waals surface area (Å²) in [7, 11) is 0. The van der Waals surface area contributed by atoms with Crippen LogP contribution in [0.1, 0.15) is 78.4 Å². The summed E-state index contributed by atoms with van der Waals surface area (Å²) in [6.45, 7) is 23.2. The van der Waals surface area contributed by atoms with E-state index < -0.39 is 34.4 Å². The van der Waals surface area contributed by atoms with Gasteiger partial charge >= 0.3 is 0 Å². The zero-order chi connectivity index (χ0) is 30.4. The molecule has 8 nitrogen and oxygen atoms in total. The second-order valence-corrected chi connectivity index (χ2v) is 14.0. The lowest BCUT2D eigenvalue weighted by Gasteiger charge is -2.39. The van der Waals surface area contributed by atoms with Gasteiger partial charge in [-0.25, -0.2) is 0 Å². The SMILES string of the molecule is C=CC(=O)[C@@H](NC(=O)[C@H]1N(C(=O)[C@@H](NC(=O)c2cc3c(C)cccc3[nH]2)C(C)(C)C)C[C@@H](C)C1(C)C)C(C)(C)C. The summed E-state index contributed by atoms with van der Waals surface area (Å²) >= 11 is 0. The van der Waals surface area contributed by atoms with Crippen LogP contribution in [0, 0.1) is 29.1 Å². The van der Waals surface area contributed by atoms with Crippen molar-refractivity contribution in [2.24, 2.45) is 22.2 Å². The Labute approximate surface area is 238 Å². The molecule has 0 saturated carbocycles. The van der Waals surface area contributed by atoms with Crippen LogP contribution in [0.4, 0.5) is 0 Å². The van der Waals surface area contributed by atoms with Crippen molar-refractivity contribution in [3.05, 3.63) is 48.2 Å². The zero-order valence-electron chi connectivity index (χ0n) is 25.7. The third kappa shape index (κ3) is 6.01. The molecule has 0 radical (unpaired) electrons. The third-order valence-electron chi connectivity index (χ3n) is 8.44. The summed E-state index contributed by atoms with van der Waals surface area (Å²) in [5.41, 5.74) is 0.495. The minimum atomic E-state index is -0.892. The van der Waals surface area contributed by atoms with Gasteiger partial charge in [-0.15, -0.1) is 0 Å². The molecule has 8 heteroatoms. The van der Waals surface area contributed by atoms with E-state index in [2.05, 4.69) is 22.2 Å². The fraction of sp³-hybridized carbons (Fsp3) is 0.562. The lowest BCUT2D eigenvalue weighted by molar-refractivity contribution is -0.144. The number of hydrogen-bond donors (Lipinski definition) is 3. The van der Waals surface area contributed by atoms with Crippen LogP contribution < -0.4 is 10.6 Å². The van der Waals surface area contributed by atoms with Gasteiger partial charge in [0, 0.05) is 17.4 Å². The molecule has 1 aromatic heterocycles. The van der Waals surface area contributed by atoms with Crippen LogP contribution >= 0.6 is 0 Å². The number of hydrogen-bond acceptors (Lipinski definition) is 4. The van der Waals surface area contributed by atoms with Crippen molar-refractivity contribution in [2.45, 2.75) is 87.4 Å². The number of carbonyl (C=O) groups is 4. The van der Waals surface area contributed by atoms with Gasteiger partial charge in [0.1, 0.15) is 17.8 Å². The molecule has 3 amide bonds. The molecule has 0 spiro atoms. The molecule has 2 heterocycles. The summed E-state index contributed by atoms with van der Waals surface area (Å²) in [4.78, 5) is 59.0. The van der Waals surface area contributed by atoms with Crippen LogP contribution in [0.25, 0.3) is 10.9 Å². The van der Waals surface area contributed by atoms with Crippen molar-refractivity contribution >= 4 is 34.4 Å². The largest absolute Gasteiger partial charge is 0.351 e. The Morgan fingerprint density at radius 3 is 2.17 bits per heavy atom. The van der Waals surface area contributed by atoms with E-state index in [1.54, 1.807) is 11.0 Å². The first kappa shape index (κ1) is 31.1. The van der Waals surface area contributed by atoms with E-state index >= 15 is 0 Å². The van der Waals surface area contributed by atoms with Gasteiger partial charge in [-0.3, -0.25) is 19.2 Å². The minimum Gasteiger partial charge on any atom is -0.351 e. The van der Waals surface area contributed by atoms with E-state index in [1.807, 2.05) is 87.4 Å². The van der Waals surface area contributed by atoms with Crippen LogP contribution in [0.2, 0.25) is 0 Å². The molecule has 218 valence electrons. The smallest absolute Gasteiger partial charge is 0.268 e. The third-order valence-corrected chi connectivity index (χ3v) is 8.44. The van der Waals surface area contributed by atoms with Crippen LogP contribution in [-0.2, 0) is 14.4 Å². The molecule has 0 aliphatic carbocycles. The van der Waals surface area contributed by atoms with Gasteiger partial charge in [-0.1, -0.05) is 81.0 Å². The van der Waals surface area contributed by atoms with Gasteiger partial charge in [0.05, 0.1) is 6.04 Å². The number of benzene rings is 1. The second kappa shape index (κ2) is 10.9. The fourth-order valence-electron chi connectivity index (χ4n) is 5.51. The van der Waals surface area contributed by atoms with Crippen LogP contribution in [0.5, 0.6) is 0 Å². The minimum absolute atomic E-state index is 0.00314. The highest BCUT2D eigenvalue weighted by Crippen LogP contribution is 2.42. The highest BCUT2D eigenvalue weighted by Gasteiger charge is 2.54. The number of amides is 3. The molecule has 3 N–H and O–H groups in total. The van der Waals surface area contributed by atoms with E-state index in [0.29, 0.717) is 12.2 Å². The van der Waals surface area contributed by atoms with E-state index in [9.17, 15) is 19.2 Å². The number of aryl methyl sites for hydroxylation is 1. The van der Waals surface area contributed by atoms with E-state index in [0.717, 1.165) is 16.5 Å². The highest BCUT2D eigenvalue weighted by atomic mass is 16.2. The Kier molecular flexibility index (Phi) is 8.45. The first-order valence-corrected chi connectivity index (χ1v) is 14.0. The summed E-state index contributed by atoms with van der Waals surface area (Å²) < 4.78 is 0. The fourth-order valence-corrected chi connectivity index (χ4v) is 5.51. The van der Waals surface area contributed by atoms with Gasteiger partial charge in [-0.05, 0) is 52.9 Å². The number of likely N-dealkylation sites (tertiary alicyclic amines) is 1. The predicted molar refractivity (Wildman–Crippen MR) is 159 cm³/mol. The van der Waals surface area contributed by atoms with E-state index in [4.69, 9.17) is 0 Å². The summed E-state index contributed by atoms with van der Waals surface area (Å²) in [6, 6.07) is 5.10. The van der Waals surface area contributed by atoms with Crippen LogP contribution in [0.3, 0.4) is 0 Å². The Morgan fingerprint density at radius 2 is 1.65 bits per heavy atom. The molecule has 4 atom stereocenters. The van der Waals surface area contributed by atoms with Crippen molar-refractivity contribution in [3.8, 4) is 0 Å². The normalized spacial score (nSPS) is 20.6. The standard InChI is InChI=1S/C32H46N4O4/c1-12-23(37)24(30(4,5)6)34-28(39)26-32(10,11)19(3)17-36(26)29(40)25(31(7,8)9)35-27(38)22-16-20-18(2)14-13-15-21(20)33-22/h12-16,19,24-26,33H,1,17H2,2-11H3,(H,34,39)(H,35,38)/t19-,24-,25-,26-/m1/s1. The topological polar surface area (TPSA) is 111 Å². The van der Waals surface area contributed by atoms with Crippen molar-refractivity contribution < 1.29 is 19.2 Å². The molecule has 1 fully saturated rings. The van der Waals surface area contributed by atoms with Crippen LogP contribution in [0.15, 0.2) is 36.9 Å². The van der Waals surface area contributed by atoms with Gasteiger partial charge in [-0.2, -0.15) is 0 Å². The first-order valence-electron chi connectivity index (χ1n) is 14.0. The monoisotopic (exact) mass is 550 g/mol. The number of aromatic nitrogens is 1. The average Bonchev–Trinajstić information content (AvgIpc) is 3.38. The van der Waals surface area contributed by atoms with Crippen molar-refractivity contribution in [3.63, 3.8) is 0 Å². The van der Waals surface area contributed by atoms with Gasteiger partial charge in [0.15, 0.2) is 5.78 Å². The Hall–Kier alpha value is -3.42. The molecule has 0 bridgehead atoms. The number of nitrogens with zero attached hydrogens (tertiary/aromatic N) is 1. The quantitative estimate of drug-likeness (QED) is 0.431. The first-order chi connectivity index (χ1) is 18.3. The Bertz CT molecular complexity index is 1320. The lowest BCUT2D eigenvalue weighted by atomic mass is 9.76. The number of H-pyrrole nitrogens is 1. The predicted octanol–water partition coefficient (Wildman–Crippen LogP) is 4.78. The molecule has 1 aliphatic rings. The van der Waals surface area contributed by atoms with Crippen molar-refractivity contribution in [1.29, 1.82) is 0 Å². The van der Waals surface area contributed by atoms with Crippen molar-refractivity contribution in [2.75, 3.05) is 6.54 Å². The van der Waals surface area contributed by atoms with E-state index in [1.165, 1.54) is 6.08 Å². The second-order valence-electron chi connectivity index (χ2n) is 14.0. The van der Waals surface area contributed by atoms with Crippen molar-refractivity contribution in [1.82, 2.24) is 20.5 Å². The molecular formula is C32H46N4O4. The number of ketones is 1. The Balaban J connectivity index is 1.95. The summed E-state index contributed by atoms with van der Waals surface area (Å²) in [5.74, 6) is -1.38. The summed E-state index contributed by atoms with van der Waals surface area (Å²) in [5, 5.41) is 6.84. The average molecular weight is 551 g/mol. The Morgan fingerprint density at radius 1 is 1.05 bits per heavy atom. The number of fused-ring (bicyclic) bond motifs is 1. The van der Waals surface area contributed by atoms with E-state index in [-0.39, 0.29) is 29.4 Å². The maximum Gasteiger partial charge on any atom is 0.268 e. The number of carbonyl (C=O) groups excluding carboxylic acids is 4. The lowest BCUT2D eigenvalue weighted by Crippen LogP contribution is -2.61. The highest BCUT2D eigenvalue weighted by molar-refractivity contribution is 6.02. The van der Waals surface area contributed by atoms with Gasteiger partial charge in [0.2, 0.25) is 11.8 Å². The maximum atomic E-state index is 14.2. The molecule has 2 aromatic rings. The molecule has 1 aliphatic heterocycles. The maximum absolute atomic E-state index is 14.2. The van der Waals surface area contributed by atoms with Gasteiger partial charge in [0.25, 0.3) is 5.91 Å².